The van der Waals surface area contributed by atoms with Crippen LogP contribution >= 0.6 is 0 Å². The number of carbonyl (C=O) groups is 2. The van der Waals surface area contributed by atoms with E-state index in [1.54, 1.807) is 9.80 Å². The van der Waals surface area contributed by atoms with Crippen LogP contribution in [0.15, 0.2) is 0 Å². The lowest BCUT2D eigenvalue weighted by Crippen LogP contribution is -2.51. The van der Waals surface area contributed by atoms with Gasteiger partial charge in [-0.15, -0.1) is 0 Å². The van der Waals surface area contributed by atoms with Gasteiger partial charge in [0.2, 0.25) is 5.91 Å². The minimum absolute atomic E-state index is 0.0598. The molecule has 8 heteroatoms. The summed E-state index contributed by atoms with van der Waals surface area (Å²) in [5.41, 5.74) is 0. The van der Waals surface area contributed by atoms with Crippen LogP contribution in [-0.4, -0.2) is 60.1 Å². The van der Waals surface area contributed by atoms with Crippen molar-refractivity contribution < 1.29 is 22.8 Å². The van der Waals surface area contributed by atoms with E-state index in [4.69, 9.17) is 0 Å². The first kappa shape index (κ1) is 17.4. The Labute approximate surface area is 139 Å². The van der Waals surface area contributed by atoms with E-state index >= 15 is 0 Å². The number of alkyl halides is 3. The standard InChI is InChI=1S/C16H24F3N3O2/c17-16(18,19)13-4-2-1-3-12(13)14(23)21-8-5-11(6-9-21)22-10-7-20-15(22)24/h11-13H,1-10H2,(H,20,24)/t12-,13-/m1/s1. The lowest BCUT2D eigenvalue weighted by molar-refractivity contribution is -0.201. The molecular weight excluding hydrogens is 323 g/mol. The Morgan fingerprint density at radius 2 is 1.71 bits per heavy atom. The normalized spacial score (nSPS) is 29.7. The van der Waals surface area contributed by atoms with Gasteiger partial charge < -0.3 is 15.1 Å². The Morgan fingerprint density at radius 3 is 2.29 bits per heavy atom. The molecule has 2 aliphatic heterocycles. The first-order chi connectivity index (χ1) is 11.4. The van der Waals surface area contributed by atoms with Crippen molar-refractivity contribution in [2.45, 2.75) is 50.7 Å². The van der Waals surface area contributed by atoms with Gasteiger partial charge in [0.25, 0.3) is 0 Å². The van der Waals surface area contributed by atoms with Crippen molar-refractivity contribution in [3.05, 3.63) is 0 Å². The van der Waals surface area contributed by atoms with Crippen LogP contribution in [0.3, 0.4) is 0 Å². The number of carbonyl (C=O) groups excluding carboxylic acids is 2. The zero-order valence-electron chi connectivity index (χ0n) is 13.6. The summed E-state index contributed by atoms with van der Waals surface area (Å²) in [4.78, 5) is 27.7. The molecule has 3 amide bonds. The molecule has 2 atom stereocenters. The molecule has 3 aliphatic rings. The number of hydrogen-bond donors (Lipinski definition) is 1. The molecule has 0 aromatic carbocycles. The average Bonchev–Trinajstić information content (AvgIpc) is 2.99. The molecule has 2 heterocycles. The number of likely N-dealkylation sites (tertiary alicyclic amines) is 1. The van der Waals surface area contributed by atoms with E-state index in [0.29, 0.717) is 58.3 Å². The van der Waals surface area contributed by atoms with Crippen molar-refractivity contribution in [3.8, 4) is 0 Å². The smallest absolute Gasteiger partial charge is 0.342 e. The average molecular weight is 347 g/mol. The van der Waals surface area contributed by atoms with Crippen molar-refractivity contribution >= 4 is 11.9 Å². The fourth-order valence-electron chi connectivity index (χ4n) is 4.29. The van der Waals surface area contributed by atoms with Crippen molar-refractivity contribution in [1.82, 2.24) is 15.1 Å². The molecule has 1 saturated carbocycles. The lowest BCUT2D eigenvalue weighted by Gasteiger charge is -2.40. The molecule has 24 heavy (non-hydrogen) atoms. The Morgan fingerprint density at radius 1 is 1.04 bits per heavy atom. The summed E-state index contributed by atoms with van der Waals surface area (Å²) in [6.07, 6.45) is -1.40. The third kappa shape index (κ3) is 3.47. The van der Waals surface area contributed by atoms with E-state index in [0.717, 1.165) is 0 Å². The summed E-state index contributed by atoms with van der Waals surface area (Å²) in [5, 5.41) is 2.76. The molecule has 0 unspecified atom stereocenters. The molecule has 5 nitrogen and oxygen atoms in total. The van der Waals surface area contributed by atoms with Crippen LogP contribution in [0.2, 0.25) is 0 Å². The van der Waals surface area contributed by atoms with E-state index in [1.165, 1.54) is 0 Å². The highest BCUT2D eigenvalue weighted by molar-refractivity contribution is 5.80. The fraction of sp³-hybridized carbons (Fsp3) is 0.875. The minimum Gasteiger partial charge on any atom is -0.342 e. The summed E-state index contributed by atoms with van der Waals surface area (Å²) in [6.45, 7) is 2.17. The molecule has 3 fully saturated rings. The molecule has 1 aliphatic carbocycles. The maximum Gasteiger partial charge on any atom is 0.392 e. The van der Waals surface area contributed by atoms with E-state index in [9.17, 15) is 22.8 Å². The first-order valence-electron chi connectivity index (χ1n) is 8.78. The molecule has 2 saturated heterocycles. The van der Waals surface area contributed by atoms with Crippen molar-refractivity contribution in [2.24, 2.45) is 11.8 Å². The van der Waals surface area contributed by atoms with Gasteiger partial charge in [-0.05, 0) is 25.7 Å². The van der Waals surface area contributed by atoms with Gasteiger partial charge >= 0.3 is 12.2 Å². The van der Waals surface area contributed by atoms with Gasteiger partial charge in [0.1, 0.15) is 0 Å². The van der Waals surface area contributed by atoms with Crippen LogP contribution in [0, 0.1) is 11.8 Å². The van der Waals surface area contributed by atoms with Gasteiger partial charge in [-0.25, -0.2) is 4.79 Å². The second-order valence-electron chi connectivity index (χ2n) is 7.02. The monoisotopic (exact) mass is 347 g/mol. The summed E-state index contributed by atoms with van der Waals surface area (Å²) in [7, 11) is 0. The molecule has 136 valence electrons. The molecule has 3 rings (SSSR count). The second-order valence-corrected chi connectivity index (χ2v) is 7.02. The number of rotatable bonds is 2. The summed E-state index contributed by atoms with van der Waals surface area (Å²) >= 11 is 0. The molecule has 1 N–H and O–H groups in total. The van der Waals surface area contributed by atoms with Gasteiger partial charge in [-0.1, -0.05) is 12.8 Å². The third-order valence-electron chi connectivity index (χ3n) is 5.61. The van der Waals surface area contributed by atoms with E-state index in [-0.39, 0.29) is 24.4 Å². The summed E-state index contributed by atoms with van der Waals surface area (Å²) < 4.78 is 39.6. The fourth-order valence-corrected chi connectivity index (χ4v) is 4.29. The minimum atomic E-state index is -4.30. The number of hydrogen-bond acceptors (Lipinski definition) is 2. The molecule has 0 bridgehead atoms. The van der Waals surface area contributed by atoms with Crippen LogP contribution < -0.4 is 5.32 Å². The van der Waals surface area contributed by atoms with Crippen LogP contribution in [-0.2, 0) is 4.79 Å². The summed E-state index contributed by atoms with van der Waals surface area (Å²) in [6, 6.07) is 0.00510. The quantitative estimate of drug-likeness (QED) is 0.834. The number of amides is 3. The van der Waals surface area contributed by atoms with Crippen LogP contribution in [0.5, 0.6) is 0 Å². The van der Waals surface area contributed by atoms with E-state index in [1.807, 2.05) is 0 Å². The van der Waals surface area contributed by atoms with Gasteiger partial charge in [-0.2, -0.15) is 13.2 Å². The van der Waals surface area contributed by atoms with E-state index < -0.39 is 18.0 Å². The maximum absolute atomic E-state index is 13.2. The van der Waals surface area contributed by atoms with Crippen LogP contribution in [0.4, 0.5) is 18.0 Å². The second kappa shape index (κ2) is 6.80. The van der Waals surface area contributed by atoms with Crippen LogP contribution in [0.25, 0.3) is 0 Å². The van der Waals surface area contributed by atoms with Crippen molar-refractivity contribution in [3.63, 3.8) is 0 Å². The Balaban J connectivity index is 1.59. The molecular formula is C16H24F3N3O2. The lowest BCUT2D eigenvalue weighted by atomic mass is 9.77. The zero-order valence-corrected chi connectivity index (χ0v) is 13.6. The zero-order chi connectivity index (χ0) is 17.3. The third-order valence-corrected chi connectivity index (χ3v) is 5.61. The predicted molar refractivity (Wildman–Crippen MR) is 81.2 cm³/mol. The Hall–Kier alpha value is -1.47. The van der Waals surface area contributed by atoms with Crippen molar-refractivity contribution in [2.75, 3.05) is 26.2 Å². The Kier molecular flexibility index (Phi) is 4.92. The topological polar surface area (TPSA) is 52.7 Å². The molecule has 0 spiro atoms. The highest BCUT2D eigenvalue weighted by Gasteiger charge is 2.49. The number of nitrogens with one attached hydrogen (secondary N) is 1. The maximum atomic E-state index is 13.2. The SMILES string of the molecule is O=C([C@@H]1CCCC[C@H]1C(F)(F)F)N1CCC(N2CCNC2=O)CC1. The van der Waals surface area contributed by atoms with Gasteiger partial charge in [0.15, 0.2) is 0 Å². The number of halogens is 3. The van der Waals surface area contributed by atoms with Gasteiger partial charge in [-0.3, -0.25) is 4.79 Å². The first-order valence-corrected chi connectivity index (χ1v) is 8.78. The summed E-state index contributed by atoms with van der Waals surface area (Å²) in [5.74, 6) is -2.77. The largest absolute Gasteiger partial charge is 0.392 e. The number of piperidine rings is 1. The van der Waals surface area contributed by atoms with Gasteiger partial charge in [0, 0.05) is 38.1 Å². The van der Waals surface area contributed by atoms with Crippen molar-refractivity contribution in [1.29, 1.82) is 0 Å². The molecule has 0 radical (unpaired) electrons. The Bertz CT molecular complexity index is 489. The highest BCUT2D eigenvalue weighted by atomic mass is 19.4. The molecule has 0 aromatic heterocycles. The molecule has 0 aromatic rings. The number of urea groups is 1. The predicted octanol–water partition coefficient (Wildman–Crippen LogP) is 2.37. The van der Waals surface area contributed by atoms with E-state index in [2.05, 4.69) is 5.32 Å². The number of nitrogens with zero attached hydrogens (tertiary/aromatic N) is 2. The van der Waals surface area contributed by atoms with Crippen LogP contribution in [0.1, 0.15) is 38.5 Å². The highest BCUT2D eigenvalue weighted by Crippen LogP contribution is 2.42. The van der Waals surface area contributed by atoms with Gasteiger partial charge in [0.05, 0.1) is 5.92 Å².